The van der Waals surface area contributed by atoms with Crippen LogP contribution in [0.3, 0.4) is 0 Å². The molecule has 70 valence electrons. The smallest absolute Gasteiger partial charge is 0.272 e. The quantitative estimate of drug-likeness (QED) is 0.561. The molecule has 1 rings (SSSR count). The topological polar surface area (TPSA) is 23.6 Å². The summed E-state index contributed by atoms with van der Waals surface area (Å²) in [4.78, 5) is 14.5. The highest BCUT2D eigenvalue weighted by Gasteiger charge is 2.24. The second-order valence-corrected chi connectivity index (χ2v) is 3.31. The average Bonchev–Trinajstić information content (AvgIpc) is 2.04. The van der Waals surface area contributed by atoms with Crippen LogP contribution in [0.2, 0.25) is 0 Å². The standard InChI is InChI=1S/C7H12ClFN2O/c1-10-2-4-11(5-3-10)7(12)6(8)9/h6H,2-5H2,1H3. The van der Waals surface area contributed by atoms with Crippen molar-refractivity contribution >= 4 is 17.5 Å². The molecule has 0 spiro atoms. The molecule has 1 aliphatic rings. The first-order valence-corrected chi connectivity index (χ1v) is 4.30. The molecule has 1 saturated heterocycles. The third-order valence-corrected chi connectivity index (χ3v) is 2.19. The van der Waals surface area contributed by atoms with Gasteiger partial charge in [-0.1, -0.05) is 11.6 Å². The van der Waals surface area contributed by atoms with Crippen LogP contribution in [0.4, 0.5) is 4.39 Å². The van der Waals surface area contributed by atoms with Crippen LogP contribution in [-0.2, 0) is 4.79 Å². The van der Waals surface area contributed by atoms with Crippen LogP contribution >= 0.6 is 11.6 Å². The van der Waals surface area contributed by atoms with E-state index in [1.807, 2.05) is 7.05 Å². The van der Waals surface area contributed by atoms with Gasteiger partial charge >= 0.3 is 0 Å². The molecule has 0 saturated carbocycles. The van der Waals surface area contributed by atoms with E-state index >= 15 is 0 Å². The highest BCUT2D eigenvalue weighted by atomic mass is 35.5. The lowest BCUT2D eigenvalue weighted by Gasteiger charge is -2.32. The van der Waals surface area contributed by atoms with Gasteiger partial charge in [-0.15, -0.1) is 0 Å². The molecule has 0 aromatic rings. The predicted molar refractivity (Wildman–Crippen MR) is 44.8 cm³/mol. The molecule has 1 amide bonds. The first-order valence-electron chi connectivity index (χ1n) is 3.86. The molecule has 1 fully saturated rings. The number of alkyl halides is 2. The lowest BCUT2D eigenvalue weighted by molar-refractivity contribution is -0.135. The van der Waals surface area contributed by atoms with Gasteiger partial charge in [0.15, 0.2) is 0 Å². The van der Waals surface area contributed by atoms with Gasteiger partial charge in [0, 0.05) is 26.2 Å². The van der Waals surface area contributed by atoms with Gasteiger partial charge in [-0.2, -0.15) is 0 Å². The second-order valence-electron chi connectivity index (χ2n) is 2.93. The molecule has 5 heteroatoms. The number of nitrogens with zero attached hydrogens (tertiary/aromatic N) is 2. The molecule has 1 unspecified atom stereocenters. The van der Waals surface area contributed by atoms with Crippen molar-refractivity contribution in [1.29, 1.82) is 0 Å². The van der Waals surface area contributed by atoms with Crippen molar-refractivity contribution in [1.82, 2.24) is 9.80 Å². The van der Waals surface area contributed by atoms with E-state index in [4.69, 9.17) is 11.6 Å². The molecular formula is C7H12ClFN2O. The summed E-state index contributed by atoms with van der Waals surface area (Å²) in [6.07, 6.45) is 0. The zero-order chi connectivity index (χ0) is 9.14. The molecule has 1 heterocycles. The van der Waals surface area contributed by atoms with Gasteiger partial charge < -0.3 is 9.80 Å². The van der Waals surface area contributed by atoms with E-state index in [-0.39, 0.29) is 0 Å². The third-order valence-electron chi connectivity index (χ3n) is 2.00. The van der Waals surface area contributed by atoms with Crippen molar-refractivity contribution in [3.8, 4) is 0 Å². The van der Waals surface area contributed by atoms with E-state index in [2.05, 4.69) is 4.90 Å². The van der Waals surface area contributed by atoms with Crippen LogP contribution in [0.25, 0.3) is 0 Å². The van der Waals surface area contributed by atoms with Crippen LogP contribution < -0.4 is 0 Å². The van der Waals surface area contributed by atoms with E-state index in [0.717, 1.165) is 13.1 Å². The minimum Gasteiger partial charge on any atom is -0.337 e. The Balaban J connectivity index is 2.39. The molecule has 12 heavy (non-hydrogen) atoms. The fraction of sp³-hybridized carbons (Fsp3) is 0.857. The van der Waals surface area contributed by atoms with E-state index in [1.165, 1.54) is 4.90 Å². The molecule has 0 aromatic heterocycles. The number of rotatable bonds is 1. The minimum absolute atomic E-state index is 0.572. The Hall–Kier alpha value is -0.350. The van der Waals surface area contributed by atoms with Crippen molar-refractivity contribution in [2.45, 2.75) is 5.63 Å². The number of hydrogen-bond acceptors (Lipinski definition) is 2. The van der Waals surface area contributed by atoms with Crippen molar-refractivity contribution in [3.05, 3.63) is 0 Å². The molecule has 0 aliphatic carbocycles. The Morgan fingerprint density at radius 3 is 2.33 bits per heavy atom. The summed E-state index contributed by atoms with van der Waals surface area (Å²) in [5.41, 5.74) is -1.88. The summed E-state index contributed by atoms with van der Waals surface area (Å²) in [5.74, 6) is -0.607. The maximum Gasteiger partial charge on any atom is 0.272 e. The number of hydrogen-bond donors (Lipinski definition) is 0. The second kappa shape index (κ2) is 4.05. The molecule has 0 radical (unpaired) electrons. The van der Waals surface area contributed by atoms with Crippen molar-refractivity contribution in [2.24, 2.45) is 0 Å². The zero-order valence-corrected chi connectivity index (χ0v) is 7.72. The van der Waals surface area contributed by atoms with Crippen molar-refractivity contribution < 1.29 is 9.18 Å². The largest absolute Gasteiger partial charge is 0.337 e. The lowest BCUT2D eigenvalue weighted by Crippen LogP contribution is -2.48. The van der Waals surface area contributed by atoms with E-state index in [9.17, 15) is 9.18 Å². The lowest BCUT2D eigenvalue weighted by atomic mass is 10.3. The SMILES string of the molecule is CN1CCN(C(=O)C(F)Cl)CC1. The summed E-state index contributed by atoms with van der Waals surface area (Å²) >= 11 is 5.03. The third kappa shape index (κ3) is 2.32. The van der Waals surface area contributed by atoms with Gasteiger partial charge in [0.05, 0.1) is 0 Å². The molecule has 1 atom stereocenters. The Bertz CT molecular complexity index is 169. The Labute approximate surface area is 76.1 Å². The molecule has 0 aromatic carbocycles. The van der Waals surface area contributed by atoms with Gasteiger partial charge in [-0.25, -0.2) is 4.39 Å². The number of likely N-dealkylation sites (N-methyl/N-ethyl adjacent to an activating group) is 1. The molecule has 3 nitrogen and oxygen atoms in total. The van der Waals surface area contributed by atoms with Crippen LogP contribution in [0.15, 0.2) is 0 Å². The normalized spacial score (nSPS) is 22.4. The maximum absolute atomic E-state index is 12.3. The molecular weight excluding hydrogens is 183 g/mol. The summed E-state index contributed by atoms with van der Waals surface area (Å²) in [6.45, 7) is 2.72. The van der Waals surface area contributed by atoms with Gasteiger partial charge in [0.25, 0.3) is 11.5 Å². The number of amides is 1. The van der Waals surface area contributed by atoms with Gasteiger partial charge in [-0.05, 0) is 7.05 Å². The predicted octanol–water partition coefficient (Wildman–Crippen LogP) is 0.295. The summed E-state index contributed by atoms with van der Waals surface area (Å²) in [6, 6.07) is 0. The first kappa shape index (κ1) is 9.74. The van der Waals surface area contributed by atoms with E-state index in [0.29, 0.717) is 13.1 Å². The minimum atomic E-state index is -1.88. The van der Waals surface area contributed by atoms with E-state index < -0.39 is 11.5 Å². The molecule has 1 aliphatic heterocycles. The molecule has 0 N–H and O–H groups in total. The van der Waals surface area contributed by atoms with Gasteiger partial charge in [0.1, 0.15) is 0 Å². The maximum atomic E-state index is 12.3. The van der Waals surface area contributed by atoms with Crippen LogP contribution in [0.1, 0.15) is 0 Å². The highest BCUT2D eigenvalue weighted by molar-refractivity contribution is 6.29. The van der Waals surface area contributed by atoms with Crippen molar-refractivity contribution in [3.63, 3.8) is 0 Å². The molecule has 0 bridgehead atoms. The Kier molecular flexibility index (Phi) is 3.29. The fourth-order valence-corrected chi connectivity index (χ4v) is 1.30. The number of piperazine rings is 1. The summed E-state index contributed by atoms with van der Waals surface area (Å²) < 4.78 is 12.3. The summed E-state index contributed by atoms with van der Waals surface area (Å²) in [5, 5.41) is 0. The zero-order valence-electron chi connectivity index (χ0n) is 6.96. The number of carbonyl (C=O) groups excluding carboxylic acids is 1. The van der Waals surface area contributed by atoms with E-state index in [1.54, 1.807) is 0 Å². The highest BCUT2D eigenvalue weighted by Crippen LogP contribution is 2.06. The van der Waals surface area contributed by atoms with Crippen LogP contribution in [0, 0.1) is 0 Å². The fourth-order valence-electron chi connectivity index (χ4n) is 1.16. The Morgan fingerprint density at radius 2 is 1.92 bits per heavy atom. The number of carbonyl (C=O) groups is 1. The monoisotopic (exact) mass is 194 g/mol. The van der Waals surface area contributed by atoms with Crippen molar-refractivity contribution in [2.75, 3.05) is 33.2 Å². The number of halogens is 2. The van der Waals surface area contributed by atoms with Gasteiger partial charge in [-0.3, -0.25) is 4.79 Å². The Morgan fingerprint density at radius 1 is 1.42 bits per heavy atom. The average molecular weight is 195 g/mol. The summed E-state index contributed by atoms with van der Waals surface area (Å²) in [7, 11) is 1.97. The first-order chi connectivity index (χ1) is 5.61. The van der Waals surface area contributed by atoms with Crippen LogP contribution in [0.5, 0.6) is 0 Å². The van der Waals surface area contributed by atoms with Crippen LogP contribution in [-0.4, -0.2) is 54.6 Å². The van der Waals surface area contributed by atoms with Gasteiger partial charge in [0.2, 0.25) is 0 Å².